The summed E-state index contributed by atoms with van der Waals surface area (Å²) in [7, 11) is 0.589. The van der Waals surface area contributed by atoms with Crippen LogP contribution in [0, 0.1) is 0 Å². The van der Waals surface area contributed by atoms with Crippen molar-refractivity contribution < 1.29 is 33.3 Å². The quantitative estimate of drug-likeness (QED) is 0.178. The maximum absolute atomic E-state index is 14.2. The van der Waals surface area contributed by atoms with Crippen LogP contribution in [0.2, 0.25) is 18.1 Å². The number of hydrogen-bond acceptors (Lipinski definition) is 6. The number of ether oxygens (including phenoxy) is 3. The lowest BCUT2D eigenvalue weighted by Gasteiger charge is -2.44. The van der Waals surface area contributed by atoms with E-state index in [0.717, 1.165) is 28.6 Å². The molecule has 1 N–H and O–H groups in total. The highest BCUT2D eigenvalue weighted by Crippen LogP contribution is 2.46. The number of alkyl halides is 1. The summed E-state index contributed by atoms with van der Waals surface area (Å²) in [5, 5.41) is 11.2. The zero-order valence-electron chi connectivity index (χ0n) is 24.7. The molecule has 0 radical (unpaired) electrons. The van der Waals surface area contributed by atoms with E-state index in [1.54, 1.807) is 24.1 Å². The molecule has 41 heavy (non-hydrogen) atoms. The van der Waals surface area contributed by atoms with Crippen molar-refractivity contribution in [3.05, 3.63) is 53.7 Å². The standard InChI is InChI=1S/C30H39BrN2O7Si/c1-30(2,3)41(6,7)40-28-24-15-20(19-9-11-21(37-4)12-10-19)18-32(24)27(34)22-16-25(38-5)26(39-14-8-13-31)17-23(22)33(28)29(35)36/h9-12,16-18,24,28H,8,13-15H2,1-7H3,(H,35,36)/t24-,28?/m0/s1. The van der Waals surface area contributed by atoms with Crippen LogP contribution in [-0.2, 0) is 4.43 Å². The van der Waals surface area contributed by atoms with Gasteiger partial charge in [0.15, 0.2) is 26.0 Å². The van der Waals surface area contributed by atoms with Crippen molar-refractivity contribution in [2.75, 3.05) is 31.1 Å². The number of anilines is 1. The van der Waals surface area contributed by atoms with Crippen LogP contribution in [0.4, 0.5) is 10.5 Å². The van der Waals surface area contributed by atoms with Gasteiger partial charge in [0, 0.05) is 17.6 Å². The highest BCUT2D eigenvalue weighted by molar-refractivity contribution is 9.09. The number of nitrogens with zero attached hydrogens (tertiary/aromatic N) is 2. The second-order valence-corrected chi connectivity index (χ2v) is 17.2. The third kappa shape index (κ3) is 6.12. The fraction of sp³-hybridized carbons (Fsp3) is 0.467. The smallest absolute Gasteiger partial charge is 0.414 e. The minimum Gasteiger partial charge on any atom is -0.497 e. The second-order valence-electron chi connectivity index (χ2n) is 11.7. The highest BCUT2D eigenvalue weighted by atomic mass is 79.9. The summed E-state index contributed by atoms with van der Waals surface area (Å²) >= 11 is 3.40. The van der Waals surface area contributed by atoms with Crippen molar-refractivity contribution in [3.63, 3.8) is 0 Å². The van der Waals surface area contributed by atoms with Crippen molar-refractivity contribution in [2.24, 2.45) is 0 Å². The molecule has 2 aromatic carbocycles. The molecule has 222 valence electrons. The molecule has 0 fully saturated rings. The summed E-state index contributed by atoms with van der Waals surface area (Å²) in [6.45, 7) is 10.9. The maximum Gasteiger partial charge on any atom is 0.414 e. The first-order valence-corrected chi connectivity index (χ1v) is 17.6. The largest absolute Gasteiger partial charge is 0.497 e. The van der Waals surface area contributed by atoms with Gasteiger partial charge in [0.1, 0.15) is 5.75 Å². The number of fused-ring (bicyclic) bond motifs is 2. The third-order valence-electron chi connectivity index (χ3n) is 8.10. The summed E-state index contributed by atoms with van der Waals surface area (Å²) in [6.07, 6.45) is 0.821. The van der Waals surface area contributed by atoms with Gasteiger partial charge in [-0.05, 0) is 60.3 Å². The van der Waals surface area contributed by atoms with Crippen molar-refractivity contribution >= 4 is 47.5 Å². The number of benzene rings is 2. The van der Waals surface area contributed by atoms with E-state index >= 15 is 0 Å². The lowest BCUT2D eigenvalue weighted by atomic mass is 10.0. The summed E-state index contributed by atoms with van der Waals surface area (Å²) in [5.74, 6) is 1.13. The van der Waals surface area contributed by atoms with Crippen LogP contribution in [0.15, 0.2) is 42.6 Å². The first-order chi connectivity index (χ1) is 19.3. The minimum atomic E-state index is -2.52. The molecular formula is C30H39BrN2O7Si. The summed E-state index contributed by atoms with van der Waals surface area (Å²) in [5.41, 5.74) is 2.25. The molecule has 2 heterocycles. The minimum absolute atomic E-state index is 0.199. The predicted molar refractivity (Wildman–Crippen MR) is 165 cm³/mol. The summed E-state index contributed by atoms with van der Waals surface area (Å²) in [4.78, 5) is 30.1. The van der Waals surface area contributed by atoms with Gasteiger partial charge in [0.05, 0.1) is 38.1 Å². The Labute approximate surface area is 251 Å². The number of carbonyl (C=O) groups is 2. The van der Waals surface area contributed by atoms with Crippen molar-refractivity contribution in [3.8, 4) is 17.2 Å². The van der Waals surface area contributed by atoms with E-state index in [-0.39, 0.29) is 22.2 Å². The van der Waals surface area contributed by atoms with Crippen molar-refractivity contribution in [2.45, 2.75) is 64.0 Å². The number of halogens is 1. The molecule has 2 atom stereocenters. The number of hydrogen-bond donors (Lipinski definition) is 1. The van der Waals surface area contributed by atoms with Crippen LogP contribution in [0.5, 0.6) is 17.2 Å². The Hall–Kier alpha value is -3.02. The molecule has 2 aromatic rings. The Morgan fingerprint density at radius 1 is 1.10 bits per heavy atom. The Morgan fingerprint density at radius 2 is 1.78 bits per heavy atom. The average molecular weight is 648 g/mol. The van der Waals surface area contributed by atoms with E-state index in [2.05, 4.69) is 49.8 Å². The number of rotatable bonds is 9. The molecule has 2 aliphatic heterocycles. The van der Waals surface area contributed by atoms with Crippen LogP contribution in [0.25, 0.3) is 5.57 Å². The molecule has 0 saturated heterocycles. The van der Waals surface area contributed by atoms with Crippen molar-refractivity contribution in [1.29, 1.82) is 0 Å². The number of amides is 2. The fourth-order valence-corrected chi connectivity index (χ4v) is 6.23. The normalized spacial score (nSPS) is 18.8. The van der Waals surface area contributed by atoms with E-state index < -0.39 is 26.7 Å². The Kier molecular flexibility index (Phi) is 9.10. The summed E-state index contributed by atoms with van der Waals surface area (Å²) in [6, 6.07) is 10.2. The van der Waals surface area contributed by atoms with Gasteiger partial charge in [-0.25, -0.2) is 9.69 Å². The van der Waals surface area contributed by atoms with Crippen LogP contribution in [-0.4, -0.2) is 68.8 Å². The second kappa shape index (κ2) is 12.1. The molecule has 2 aliphatic rings. The molecule has 0 bridgehead atoms. The number of carboxylic acid groups (broad SMARTS) is 1. The molecule has 9 nitrogen and oxygen atoms in total. The van der Waals surface area contributed by atoms with E-state index in [4.69, 9.17) is 18.6 Å². The number of methoxy groups -OCH3 is 2. The predicted octanol–water partition coefficient (Wildman–Crippen LogP) is 6.97. The van der Waals surface area contributed by atoms with Gasteiger partial charge in [-0.15, -0.1) is 0 Å². The maximum atomic E-state index is 14.2. The molecule has 0 aromatic heterocycles. The lowest BCUT2D eigenvalue weighted by molar-refractivity contribution is 0.0605. The first kappa shape index (κ1) is 30.9. The van der Waals surface area contributed by atoms with Gasteiger partial charge in [-0.1, -0.05) is 48.8 Å². The van der Waals surface area contributed by atoms with Crippen LogP contribution in [0.3, 0.4) is 0 Å². The Morgan fingerprint density at radius 3 is 2.34 bits per heavy atom. The molecule has 2 amide bonds. The van der Waals surface area contributed by atoms with E-state index in [1.807, 2.05) is 30.5 Å². The Balaban J connectivity index is 1.89. The molecule has 4 rings (SSSR count). The van der Waals surface area contributed by atoms with Crippen LogP contribution in [0.1, 0.15) is 49.5 Å². The zero-order chi connectivity index (χ0) is 30.1. The highest BCUT2D eigenvalue weighted by Gasteiger charge is 2.50. The topological polar surface area (TPSA) is 97.8 Å². The molecule has 1 unspecified atom stereocenters. The third-order valence-corrected chi connectivity index (χ3v) is 13.1. The van der Waals surface area contributed by atoms with Gasteiger partial charge in [-0.2, -0.15) is 0 Å². The van der Waals surface area contributed by atoms with E-state index in [1.165, 1.54) is 12.0 Å². The molecular weight excluding hydrogens is 608 g/mol. The Bertz CT molecular complexity index is 1320. The fourth-order valence-electron chi connectivity index (χ4n) is 4.78. The van der Waals surface area contributed by atoms with Gasteiger partial charge < -0.3 is 28.6 Å². The lowest BCUT2D eigenvalue weighted by Crippen LogP contribution is -2.57. The van der Waals surface area contributed by atoms with Gasteiger partial charge in [-0.3, -0.25) is 4.79 Å². The molecule has 11 heteroatoms. The molecule has 0 spiro atoms. The summed E-state index contributed by atoms with van der Waals surface area (Å²) < 4.78 is 23.7. The SMILES string of the molecule is COc1ccc(C2=CN3C(=O)c4cc(OC)c(OCCCBr)cc4N(C(=O)O)C(O[Si](C)(C)C(C)(C)C)[C@@H]3C2)cc1. The molecule has 0 aliphatic carbocycles. The zero-order valence-corrected chi connectivity index (χ0v) is 27.3. The van der Waals surface area contributed by atoms with E-state index in [0.29, 0.717) is 24.5 Å². The monoisotopic (exact) mass is 646 g/mol. The van der Waals surface area contributed by atoms with Crippen LogP contribution >= 0.6 is 15.9 Å². The first-order valence-electron chi connectivity index (χ1n) is 13.6. The van der Waals surface area contributed by atoms with Crippen LogP contribution < -0.4 is 19.1 Å². The number of carbonyl (C=O) groups excluding carboxylic acids is 1. The van der Waals surface area contributed by atoms with Gasteiger partial charge in [0.2, 0.25) is 0 Å². The van der Waals surface area contributed by atoms with E-state index in [9.17, 15) is 14.7 Å². The van der Waals surface area contributed by atoms with Gasteiger partial charge in [0.25, 0.3) is 5.91 Å². The molecule has 0 saturated carbocycles. The van der Waals surface area contributed by atoms with Crippen molar-refractivity contribution in [1.82, 2.24) is 4.90 Å². The van der Waals surface area contributed by atoms with Gasteiger partial charge >= 0.3 is 6.09 Å². The average Bonchev–Trinajstić information content (AvgIpc) is 3.34.